The first kappa shape index (κ1) is 22.2. The molecule has 1 aliphatic rings. The van der Waals surface area contributed by atoms with Crippen LogP contribution >= 0.6 is 27.3 Å². The minimum absolute atomic E-state index is 0.0275. The average molecular weight is 536 g/mol. The van der Waals surface area contributed by atoms with Gasteiger partial charge in [-0.15, -0.1) is 0 Å². The lowest BCUT2D eigenvalue weighted by atomic mass is 9.98. The number of ketones is 1. The summed E-state index contributed by atoms with van der Waals surface area (Å²) >= 11 is 4.64. The van der Waals surface area contributed by atoms with Gasteiger partial charge in [0.05, 0.1) is 28.1 Å². The second-order valence-corrected chi connectivity index (χ2v) is 9.41. The molecule has 5 rings (SSSR count). The summed E-state index contributed by atoms with van der Waals surface area (Å²) in [5.74, 6) is -1.11. The molecule has 34 heavy (non-hydrogen) atoms. The summed E-state index contributed by atoms with van der Waals surface area (Å²) in [5.41, 5.74) is 1.53. The number of aromatic nitrogens is 2. The molecule has 0 bridgehead atoms. The van der Waals surface area contributed by atoms with Crippen molar-refractivity contribution in [3.05, 3.63) is 88.2 Å². The zero-order chi connectivity index (χ0) is 23.8. The van der Waals surface area contributed by atoms with E-state index >= 15 is 0 Å². The normalized spacial score (nSPS) is 17.5. The number of aliphatic hydroxyl groups is 1. The van der Waals surface area contributed by atoms with E-state index in [1.165, 1.54) is 16.2 Å². The number of halogens is 1. The molecule has 9 heteroatoms. The molecule has 1 aliphatic heterocycles. The molecule has 0 radical (unpaired) electrons. The maximum Gasteiger partial charge on any atom is 0.301 e. The second-order valence-electron chi connectivity index (χ2n) is 7.49. The summed E-state index contributed by atoms with van der Waals surface area (Å²) in [6.07, 6.45) is 1.59. The topological polar surface area (TPSA) is 92.6 Å². The van der Waals surface area contributed by atoms with E-state index in [4.69, 9.17) is 4.74 Å². The van der Waals surface area contributed by atoms with E-state index in [0.717, 1.165) is 9.17 Å². The first-order valence-electron chi connectivity index (χ1n) is 10.5. The highest BCUT2D eigenvalue weighted by atomic mass is 79.9. The van der Waals surface area contributed by atoms with Crippen LogP contribution in [-0.2, 0) is 9.59 Å². The van der Waals surface area contributed by atoms with Gasteiger partial charge in [0.15, 0.2) is 5.13 Å². The summed E-state index contributed by atoms with van der Waals surface area (Å²) in [6.45, 7) is 2.43. The third-order valence-electron chi connectivity index (χ3n) is 5.40. The lowest BCUT2D eigenvalue weighted by molar-refractivity contribution is -0.132. The van der Waals surface area contributed by atoms with Crippen LogP contribution in [0.3, 0.4) is 0 Å². The van der Waals surface area contributed by atoms with Crippen LogP contribution in [-0.4, -0.2) is 33.4 Å². The van der Waals surface area contributed by atoms with Crippen LogP contribution in [0.2, 0.25) is 0 Å². The van der Waals surface area contributed by atoms with E-state index in [-0.39, 0.29) is 11.3 Å². The number of benzene rings is 2. The van der Waals surface area contributed by atoms with Gasteiger partial charge in [-0.2, -0.15) is 0 Å². The van der Waals surface area contributed by atoms with Crippen LogP contribution in [0, 0.1) is 0 Å². The molecule has 7 nitrogen and oxygen atoms in total. The number of ether oxygens (including phenoxy) is 1. The molecule has 3 heterocycles. The largest absolute Gasteiger partial charge is 0.507 e. The van der Waals surface area contributed by atoms with Gasteiger partial charge in [0, 0.05) is 16.2 Å². The molecule has 0 spiro atoms. The molecule has 2 aromatic carbocycles. The smallest absolute Gasteiger partial charge is 0.301 e. The Bertz CT molecular complexity index is 1430. The van der Waals surface area contributed by atoms with Gasteiger partial charge < -0.3 is 9.84 Å². The number of aliphatic hydroxyl groups excluding tert-OH is 1. The Hall–Kier alpha value is -3.56. The SMILES string of the molecule is CCOc1ccc2nc(N3C(=O)C(=O)/C(=C(/O)c4ccc(Br)cc4)C3c3ccccn3)sc2c1. The van der Waals surface area contributed by atoms with E-state index in [1.807, 2.05) is 25.1 Å². The number of hydrogen-bond acceptors (Lipinski definition) is 7. The predicted octanol–water partition coefficient (Wildman–Crippen LogP) is 5.48. The minimum atomic E-state index is -0.920. The highest BCUT2D eigenvalue weighted by Crippen LogP contribution is 2.44. The van der Waals surface area contributed by atoms with Gasteiger partial charge >= 0.3 is 5.91 Å². The van der Waals surface area contributed by atoms with Crippen LogP contribution in [0.15, 0.2) is 76.9 Å². The lowest BCUT2D eigenvalue weighted by Crippen LogP contribution is -2.29. The average Bonchev–Trinajstić information content (AvgIpc) is 3.38. The predicted molar refractivity (Wildman–Crippen MR) is 134 cm³/mol. The van der Waals surface area contributed by atoms with Crippen molar-refractivity contribution >= 4 is 60.1 Å². The summed E-state index contributed by atoms with van der Waals surface area (Å²) in [7, 11) is 0. The first-order valence-corrected chi connectivity index (χ1v) is 12.1. The Balaban J connectivity index is 1.68. The fraction of sp³-hybridized carbons (Fsp3) is 0.120. The third kappa shape index (κ3) is 3.86. The maximum absolute atomic E-state index is 13.3. The molecule has 170 valence electrons. The molecule has 1 amide bonds. The zero-order valence-electron chi connectivity index (χ0n) is 17.9. The number of nitrogens with zero attached hydrogens (tertiary/aromatic N) is 3. The van der Waals surface area contributed by atoms with E-state index in [2.05, 4.69) is 25.9 Å². The number of rotatable bonds is 5. The fourth-order valence-corrected chi connectivity index (χ4v) is 5.15. The molecule has 1 N–H and O–H groups in total. The van der Waals surface area contributed by atoms with Crippen molar-refractivity contribution < 1.29 is 19.4 Å². The second kappa shape index (κ2) is 9.00. The Morgan fingerprint density at radius 3 is 2.65 bits per heavy atom. The van der Waals surface area contributed by atoms with Crippen molar-refractivity contribution in [2.75, 3.05) is 11.5 Å². The van der Waals surface area contributed by atoms with E-state index in [9.17, 15) is 14.7 Å². The molecule has 4 aromatic rings. The number of carbonyl (C=O) groups excluding carboxylic acids is 2. The van der Waals surface area contributed by atoms with Gasteiger partial charge in [0.25, 0.3) is 5.78 Å². The summed E-state index contributed by atoms with van der Waals surface area (Å²) in [5, 5.41) is 11.5. The third-order valence-corrected chi connectivity index (χ3v) is 6.94. The standard InChI is InChI=1S/C25H18BrN3O4S/c1-2-33-16-10-11-17-19(13-16)34-25(28-17)29-21(18-5-3-4-12-27-18)20(23(31)24(29)32)22(30)14-6-8-15(26)9-7-14/h3-13,21,30H,2H2,1H3/b22-20+. The van der Waals surface area contributed by atoms with Crippen molar-refractivity contribution in [1.29, 1.82) is 0 Å². The fourth-order valence-electron chi connectivity index (χ4n) is 3.86. The van der Waals surface area contributed by atoms with Crippen LogP contribution in [0.4, 0.5) is 5.13 Å². The minimum Gasteiger partial charge on any atom is -0.507 e. The van der Waals surface area contributed by atoms with Crippen LogP contribution in [0.25, 0.3) is 16.0 Å². The molecular formula is C25H18BrN3O4S. The number of fused-ring (bicyclic) bond motifs is 1. The van der Waals surface area contributed by atoms with Gasteiger partial charge in [-0.25, -0.2) is 4.98 Å². The Morgan fingerprint density at radius 1 is 1.15 bits per heavy atom. The molecule has 1 unspecified atom stereocenters. The van der Waals surface area contributed by atoms with Crippen molar-refractivity contribution in [3.8, 4) is 5.75 Å². The number of pyridine rings is 1. The lowest BCUT2D eigenvalue weighted by Gasteiger charge is -2.21. The van der Waals surface area contributed by atoms with Crippen molar-refractivity contribution in [2.24, 2.45) is 0 Å². The van der Waals surface area contributed by atoms with Crippen LogP contribution < -0.4 is 9.64 Å². The number of amides is 1. The zero-order valence-corrected chi connectivity index (χ0v) is 20.3. The Morgan fingerprint density at radius 2 is 1.94 bits per heavy atom. The highest BCUT2D eigenvalue weighted by Gasteiger charge is 2.48. The maximum atomic E-state index is 13.3. The van der Waals surface area contributed by atoms with E-state index < -0.39 is 17.7 Å². The van der Waals surface area contributed by atoms with Gasteiger partial charge in [-0.05, 0) is 49.4 Å². The van der Waals surface area contributed by atoms with E-state index in [1.54, 1.807) is 48.7 Å². The summed E-state index contributed by atoms with van der Waals surface area (Å²) in [4.78, 5) is 36.8. The van der Waals surface area contributed by atoms with Crippen molar-refractivity contribution in [1.82, 2.24) is 9.97 Å². The molecule has 0 saturated carbocycles. The van der Waals surface area contributed by atoms with E-state index in [0.29, 0.717) is 34.3 Å². The van der Waals surface area contributed by atoms with Gasteiger partial charge in [0.1, 0.15) is 17.6 Å². The number of anilines is 1. The monoisotopic (exact) mass is 535 g/mol. The Kier molecular flexibility index (Phi) is 5.89. The number of hydrogen-bond donors (Lipinski definition) is 1. The quantitative estimate of drug-likeness (QED) is 0.206. The van der Waals surface area contributed by atoms with Gasteiger partial charge in [0.2, 0.25) is 0 Å². The van der Waals surface area contributed by atoms with Crippen molar-refractivity contribution in [2.45, 2.75) is 13.0 Å². The Labute approximate surface area is 207 Å². The summed E-state index contributed by atoms with van der Waals surface area (Å²) < 4.78 is 7.21. The molecule has 1 saturated heterocycles. The molecular weight excluding hydrogens is 518 g/mol. The first-order chi connectivity index (χ1) is 16.5. The number of carbonyl (C=O) groups is 2. The number of thiazole rings is 1. The van der Waals surface area contributed by atoms with Crippen LogP contribution in [0.1, 0.15) is 24.2 Å². The summed E-state index contributed by atoms with van der Waals surface area (Å²) in [6, 6.07) is 16.7. The van der Waals surface area contributed by atoms with Crippen LogP contribution in [0.5, 0.6) is 5.75 Å². The molecule has 2 aromatic heterocycles. The highest BCUT2D eigenvalue weighted by molar-refractivity contribution is 9.10. The van der Waals surface area contributed by atoms with Crippen molar-refractivity contribution in [3.63, 3.8) is 0 Å². The molecule has 0 aliphatic carbocycles. The molecule has 1 fully saturated rings. The number of Topliss-reactive ketones (excluding diaryl/α,β-unsaturated/α-hetero) is 1. The van der Waals surface area contributed by atoms with Gasteiger partial charge in [-0.1, -0.05) is 45.5 Å². The van der Waals surface area contributed by atoms with Gasteiger partial charge in [-0.3, -0.25) is 19.5 Å². The molecule has 1 atom stereocenters.